The van der Waals surface area contributed by atoms with Gasteiger partial charge in [-0.25, -0.2) is 4.39 Å². The molecule has 1 aliphatic heterocycles. The average Bonchev–Trinajstić information content (AvgIpc) is 2.38. The van der Waals surface area contributed by atoms with Crippen molar-refractivity contribution >= 4 is 5.78 Å². The molecule has 0 aromatic heterocycles. The molecule has 1 aromatic rings. The first-order valence-electron chi connectivity index (χ1n) is 7.43. The van der Waals surface area contributed by atoms with Gasteiger partial charge in [-0.3, -0.25) is 4.79 Å². The number of piperidine rings is 1. The van der Waals surface area contributed by atoms with Crippen molar-refractivity contribution in [2.45, 2.75) is 45.6 Å². The van der Waals surface area contributed by atoms with Gasteiger partial charge in [-0.1, -0.05) is 6.07 Å². The number of halogens is 1. The quantitative estimate of drug-likeness (QED) is 0.776. The van der Waals surface area contributed by atoms with Gasteiger partial charge in [0.2, 0.25) is 0 Å². The van der Waals surface area contributed by atoms with Gasteiger partial charge >= 0.3 is 0 Å². The number of hydrogen-bond acceptors (Lipinski definition) is 1. The predicted molar refractivity (Wildman–Crippen MR) is 79.2 cm³/mol. The highest BCUT2D eigenvalue weighted by Crippen LogP contribution is 2.25. The van der Waals surface area contributed by atoms with Crippen molar-refractivity contribution in [1.82, 2.24) is 0 Å². The highest BCUT2D eigenvalue weighted by Gasteiger charge is 2.37. The first-order valence-corrected chi connectivity index (χ1v) is 7.43. The first-order chi connectivity index (χ1) is 9.33. The number of likely N-dealkylation sites (tertiary alicyclic amines) is 1. The molecule has 1 heterocycles. The number of quaternary nitrogens is 1. The SMILES string of the molecule is Cc1ccc(F)c(C)c1CC(=O)C1CCCC[N+]1(C)C. The predicted octanol–water partition coefficient (Wildman–Crippen LogP) is 3.18. The zero-order chi connectivity index (χ0) is 14.9. The molecule has 3 heteroatoms. The summed E-state index contributed by atoms with van der Waals surface area (Å²) in [4.78, 5) is 12.7. The second kappa shape index (κ2) is 5.65. The molecule has 1 unspecified atom stereocenters. The van der Waals surface area contributed by atoms with E-state index < -0.39 is 0 Å². The Bertz CT molecular complexity index is 522. The smallest absolute Gasteiger partial charge is 0.194 e. The molecule has 0 aliphatic carbocycles. The molecule has 1 saturated heterocycles. The number of hydrogen-bond donors (Lipinski definition) is 0. The third-order valence-electron chi connectivity index (χ3n) is 4.79. The summed E-state index contributed by atoms with van der Waals surface area (Å²) in [6.07, 6.45) is 3.63. The Hall–Kier alpha value is -1.22. The molecule has 1 aromatic carbocycles. The van der Waals surface area contributed by atoms with E-state index in [1.54, 1.807) is 13.0 Å². The highest BCUT2D eigenvalue weighted by atomic mass is 19.1. The van der Waals surface area contributed by atoms with E-state index in [1.807, 2.05) is 6.92 Å². The monoisotopic (exact) mass is 278 g/mol. The zero-order valence-electron chi connectivity index (χ0n) is 13.0. The number of likely N-dealkylation sites (N-methyl/N-ethyl adjacent to an activating group) is 1. The van der Waals surface area contributed by atoms with E-state index in [4.69, 9.17) is 0 Å². The molecule has 0 spiro atoms. The van der Waals surface area contributed by atoms with Crippen molar-refractivity contribution in [2.75, 3.05) is 20.6 Å². The molecule has 1 aliphatic rings. The third-order valence-corrected chi connectivity index (χ3v) is 4.79. The Labute approximate surface area is 121 Å². The van der Waals surface area contributed by atoms with Gasteiger partial charge in [0, 0.05) is 12.8 Å². The molecule has 0 bridgehead atoms. The summed E-state index contributed by atoms with van der Waals surface area (Å²) in [5, 5.41) is 0. The summed E-state index contributed by atoms with van der Waals surface area (Å²) in [6, 6.07) is 3.32. The fourth-order valence-corrected chi connectivity index (χ4v) is 3.34. The molecule has 0 saturated carbocycles. The van der Waals surface area contributed by atoms with Crippen LogP contribution in [0, 0.1) is 19.7 Å². The Balaban J connectivity index is 2.22. The van der Waals surface area contributed by atoms with Crippen molar-refractivity contribution < 1.29 is 13.7 Å². The maximum Gasteiger partial charge on any atom is 0.194 e. The van der Waals surface area contributed by atoms with Gasteiger partial charge in [0.25, 0.3) is 0 Å². The van der Waals surface area contributed by atoms with Crippen molar-refractivity contribution in [2.24, 2.45) is 0 Å². The maximum absolute atomic E-state index is 13.7. The molecular weight excluding hydrogens is 253 g/mol. The number of rotatable bonds is 3. The second-order valence-electron chi connectivity index (χ2n) is 6.62. The molecule has 1 fully saturated rings. The van der Waals surface area contributed by atoms with Crippen LogP contribution < -0.4 is 0 Å². The Morgan fingerprint density at radius 1 is 1.30 bits per heavy atom. The molecule has 2 nitrogen and oxygen atoms in total. The number of ketones is 1. The minimum atomic E-state index is -0.212. The van der Waals surface area contributed by atoms with Gasteiger partial charge in [-0.15, -0.1) is 0 Å². The van der Waals surface area contributed by atoms with E-state index in [9.17, 15) is 9.18 Å². The molecule has 110 valence electrons. The van der Waals surface area contributed by atoms with Crippen LogP contribution in [0.5, 0.6) is 0 Å². The maximum atomic E-state index is 13.7. The number of Topliss-reactive ketones (excluding diaryl/α,β-unsaturated/α-hetero) is 1. The lowest BCUT2D eigenvalue weighted by Crippen LogP contribution is -2.56. The van der Waals surface area contributed by atoms with E-state index in [0.717, 1.165) is 35.0 Å². The summed E-state index contributed by atoms with van der Waals surface area (Å²) in [5.41, 5.74) is 2.51. The van der Waals surface area contributed by atoms with Crippen molar-refractivity contribution in [3.8, 4) is 0 Å². The number of benzene rings is 1. The van der Waals surface area contributed by atoms with Crippen LogP contribution in [0.4, 0.5) is 4.39 Å². The summed E-state index contributed by atoms with van der Waals surface area (Å²) in [7, 11) is 4.26. The second-order valence-corrected chi connectivity index (χ2v) is 6.62. The summed E-state index contributed by atoms with van der Waals surface area (Å²) in [6.45, 7) is 4.78. The number of nitrogens with zero attached hydrogens (tertiary/aromatic N) is 1. The van der Waals surface area contributed by atoms with Crippen LogP contribution >= 0.6 is 0 Å². The van der Waals surface area contributed by atoms with Gasteiger partial charge < -0.3 is 4.48 Å². The molecule has 0 amide bonds. The zero-order valence-corrected chi connectivity index (χ0v) is 13.0. The molecule has 1 atom stereocenters. The summed E-state index contributed by atoms with van der Waals surface area (Å²) < 4.78 is 14.5. The minimum absolute atomic E-state index is 0.0609. The molecule has 20 heavy (non-hydrogen) atoms. The fourth-order valence-electron chi connectivity index (χ4n) is 3.34. The standard InChI is InChI=1S/C17H25FNO/c1-12-8-9-15(18)13(2)14(12)11-17(20)16-7-5-6-10-19(16,3)4/h8-9,16H,5-7,10-11H2,1-4H3/q+1. The lowest BCUT2D eigenvalue weighted by Gasteiger charge is -2.40. The van der Waals surface area contributed by atoms with Crippen LogP contribution in [0.25, 0.3) is 0 Å². The van der Waals surface area contributed by atoms with Crippen molar-refractivity contribution in [3.63, 3.8) is 0 Å². The molecule has 2 rings (SSSR count). The van der Waals surface area contributed by atoms with Crippen LogP contribution in [0.15, 0.2) is 12.1 Å². The largest absolute Gasteiger partial charge is 0.320 e. The summed E-state index contributed by atoms with van der Waals surface area (Å²) >= 11 is 0. The Morgan fingerprint density at radius 3 is 2.65 bits per heavy atom. The molecule has 0 N–H and O–H groups in total. The fraction of sp³-hybridized carbons (Fsp3) is 0.588. The van der Waals surface area contributed by atoms with E-state index >= 15 is 0 Å². The van der Waals surface area contributed by atoms with E-state index in [1.165, 1.54) is 12.5 Å². The van der Waals surface area contributed by atoms with Crippen molar-refractivity contribution in [1.29, 1.82) is 0 Å². The number of carbonyl (C=O) groups is 1. The Kier molecular flexibility index (Phi) is 4.28. The van der Waals surface area contributed by atoms with E-state index in [0.29, 0.717) is 12.0 Å². The summed E-state index contributed by atoms with van der Waals surface area (Å²) in [5.74, 6) is 0.0438. The minimum Gasteiger partial charge on any atom is -0.320 e. The van der Waals surface area contributed by atoms with Crippen LogP contribution in [-0.4, -0.2) is 36.9 Å². The van der Waals surface area contributed by atoms with Gasteiger partial charge in [0.05, 0.1) is 20.6 Å². The highest BCUT2D eigenvalue weighted by molar-refractivity contribution is 5.85. The van der Waals surface area contributed by atoms with Crippen molar-refractivity contribution in [3.05, 3.63) is 34.6 Å². The van der Waals surface area contributed by atoms with Gasteiger partial charge in [0.15, 0.2) is 5.78 Å². The topological polar surface area (TPSA) is 17.1 Å². The van der Waals surface area contributed by atoms with Crippen LogP contribution in [0.3, 0.4) is 0 Å². The Morgan fingerprint density at radius 2 is 2.00 bits per heavy atom. The normalized spacial score (nSPS) is 21.8. The molecular formula is C17H25FNO+. The van der Waals surface area contributed by atoms with Crippen LogP contribution in [0.2, 0.25) is 0 Å². The lowest BCUT2D eigenvalue weighted by atomic mass is 9.90. The molecule has 0 radical (unpaired) electrons. The van der Waals surface area contributed by atoms with Crippen LogP contribution in [-0.2, 0) is 11.2 Å². The lowest BCUT2D eigenvalue weighted by molar-refractivity contribution is -0.910. The van der Waals surface area contributed by atoms with E-state index in [2.05, 4.69) is 14.1 Å². The number of aryl methyl sites for hydroxylation is 1. The average molecular weight is 278 g/mol. The van der Waals surface area contributed by atoms with E-state index in [-0.39, 0.29) is 17.6 Å². The third kappa shape index (κ3) is 2.93. The number of carbonyl (C=O) groups excluding carboxylic acids is 1. The van der Waals surface area contributed by atoms with Gasteiger partial charge in [0.1, 0.15) is 11.9 Å². The van der Waals surface area contributed by atoms with Crippen LogP contribution in [0.1, 0.15) is 36.0 Å². The van der Waals surface area contributed by atoms with Gasteiger partial charge in [-0.05, 0) is 49.4 Å². The van der Waals surface area contributed by atoms with Gasteiger partial charge in [-0.2, -0.15) is 0 Å². The first kappa shape index (κ1) is 15.2.